The van der Waals surface area contributed by atoms with Gasteiger partial charge in [-0.05, 0) is 78.4 Å². The van der Waals surface area contributed by atoms with Gasteiger partial charge in [0.05, 0.1) is 22.3 Å². The molecule has 4 aliphatic rings. The lowest BCUT2D eigenvalue weighted by Crippen LogP contribution is -2.58. The van der Waals surface area contributed by atoms with E-state index in [0.29, 0.717) is 48.2 Å². The number of nitrogens with one attached hydrogen (secondary N) is 3. The van der Waals surface area contributed by atoms with E-state index >= 15 is 0 Å². The smallest absolute Gasteiger partial charge is 0.274 e. The molecule has 3 N–H and O–H groups in total. The summed E-state index contributed by atoms with van der Waals surface area (Å²) in [6, 6.07) is 1.77. The molecule has 288 valence electrons. The quantitative estimate of drug-likeness (QED) is 0.298. The number of allylic oxidation sites excluding steroid dienone is 1. The first-order valence-electron chi connectivity index (χ1n) is 18.3. The first-order chi connectivity index (χ1) is 25.6. The molecule has 5 atom stereocenters. The lowest BCUT2D eigenvalue weighted by atomic mass is 10.0. The molecule has 2 aliphatic carbocycles. The number of fused-ring (bicyclic) bond motifs is 3. The Balaban J connectivity index is 1.20. The van der Waals surface area contributed by atoms with Gasteiger partial charge in [-0.2, -0.15) is 0 Å². The molecular weight excluding hydrogens is 722 g/mol. The molecule has 7 rings (SSSR count). The fourth-order valence-corrected chi connectivity index (χ4v) is 8.48. The van der Waals surface area contributed by atoms with Gasteiger partial charge in [-0.25, -0.2) is 22.8 Å². The first-order valence-corrected chi connectivity index (χ1v) is 19.8. The molecule has 0 spiro atoms. The minimum atomic E-state index is -4.01. The van der Waals surface area contributed by atoms with E-state index in [1.54, 1.807) is 27.7 Å². The van der Waals surface area contributed by atoms with Crippen molar-refractivity contribution in [1.29, 1.82) is 0 Å². The van der Waals surface area contributed by atoms with Crippen molar-refractivity contribution in [3.63, 3.8) is 0 Å². The van der Waals surface area contributed by atoms with Gasteiger partial charge in [0.25, 0.3) is 11.8 Å². The van der Waals surface area contributed by atoms with E-state index in [1.165, 1.54) is 23.1 Å². The van der Waals surface area contributed by atoms with Gasteiger partial charge in [0.15, 0.2) is 5.69 Å². The molecule has 54 heavy (non-hydrogen) atoms. The van der Waals surface area contributed by atoms with Crippen molar-refractivity contribution in [2.24, 2.45) is 5.92 Å². The Morgan fingerprint density at radius 1 is 1.09 bits per heavy atom. The van der Waals surface area contributed by atoms with Gasteiger partial charge < -0.3 is 24.8 Å². The van der Waals surface area contributed by atoms with Crippen LogP contribution >= 0.6 is 0 Å². The summed E-state index contributed by atoms with van der Waals surface area (Å²) in [7, 11) is -4.01. The molecular formula is C37H44FN7O8S. The number of nitrogens with zero attached hydrogens (tertiary/aromatic N) is 4. The maximum atomic E-state index is 14.5. The SMILES string of the molecule is Cc1nc2ccc(F)cc2nc1O[C@@H]1C[C@H]2C(=O)N[C@]3(C(=O)NS(=O)(=O)C4(C)CC4)C[C@H]3/C=C\CCCCC[C@H](NC(=O)c3noc(C)c3C)C(=O)N2C1. The maximum absolute atomic E-state index is 14.5. The molecule has 0 bridgehead atoms. The summed E-state index contributed by atoms with van der Waals surface area (Å²) in [6.07, 6.45) is 6.95. The Hall–Kier alpha value is -4.93. The van der Waals surface area contributed by atoms with Crippen LogP contribution in [-0.4, -0.2) is 87.1 Å². The number of carbonyl (C=O) groups excluding carboxylic acids is 4. The molecule has 4 heterocycles. The van der Waals surface area contributed by atoms with Crippen LogP contribution in [0, 0.1) is 32.5 Å². The molecule has 1 saturated heterocycles. The van der Waals surface area contributed by atoms with Crippen molar-refractivity contribution in [3.8, 4) is 5.88 Å². The molecule has 0 unspecified atom stereocenters. The van der Waals surface area contributed by atoms with Crippen molar-refractivity contribution in [2.45, 2.75) is 114 Å². The average Bonchev–Trinajstić information content (AvgIpc) is 3.95. The van der Waals surface area contributed by atoms with Gasteiger partial charge in [0.2, 0.25) is 27.7 Å². The molecule has 17 heteroatoms. The zero-order valence-corrected chi connectivity index (χ0v) is 31.4. The highest BCUT2D eigenvalue weighted by atomic mass is 32.2. The number of aromatic nitrogens is 3. The van der Waals surface area contributed by atoms with Crippen molar-refractivity contribution in [1.82, 2.24) is 35.4 Å². The van der Waals surface area contributed by atoms with Crippen LogP contribution in [0.4, 0.5) is 4.39 Å². The molecule has 1 aromatic carbocycles. The fraction of sp³-hybridized carbons (Fsp3) is 0.541. The number of ether oxygens (including phenoxy) is 1. The van der Waals surface area contributed by atoms with Gasteiger partial charge >= 0.3 is 0 Å². The van der Waals surface area contributed by atoms with E-state index < -0.39 is 73.9 Å². The molecule has 2 aliphatic heterocycles. The number of amides is 4. The topological polar surface area (TPSA) is 203 Å². The summed E-state index contributed by atoms with van der Waals surface area (Å²) >= 11 is 0. The van der Waals surface area contributed by atoms with Crippen LogP contribution in [0.5, 0.6) is 5.88 Å². The number of hydrogen-bond donors (Lipinski definition) is 3. The third kappa shape index (κ3) is 7.17. The molecule has 3 fully saturated rings. The Bertz CT molecular complexity index is 2170. The summed E-state index contributed by atoms with van der Waals surface area (Å²) in [4.78, 5) is 66.5. The fourth-order valence-electron chi connectivity index (χ4n) is 7.17. The van der Waals surface area contributed by atoms with Crippen LogP contribution in [0.1, 0.15) is 92.2 Å². The predicted octanol–water partition coefficient (Wildman–Crippen LogP) is 3.22. The van der Waals surface area contributed by atoms with Gasteiger partial charge in [-0.3, -0.25) is 23.9 Å². The van der Waals surface area contributed by atoms with Crippen molar-refractivity contribution >= 4 is 44.7 Å². The summed E-state index contributed by atoms with van der Waals surface area (Å²) in [5.74, 6) is -3.07. The Kier molecular flexibility index (Phi) is 9.73. The summed E-state index contributed by atoms with van der Waals surface area (Å²) in [5, 5.41) is 9.54. The summed E-state index contributed by atoms with van der Waals surface area (Å²) < 4.78 is 52.9. The van der Waals surface area contributed by atoms with Crippen molar-refractivity contribution < 1.29 is 41.2 Å². The van der Waals surface area contributed by atoms with Crippen LogP contribution in [0.3, 0.4) is 0 Å². The minimum absolute atomic E-state index is 0.0310. The average molecular weight is 766 g/mol. The molecule has 3 aromatic rings. The number of aryl methyl sites for hydroxylation is 2. The third-order valence-corrected chi connectivity index (χ3v) is 13.3. The third-order valence-electron chi connectivity index (χ3n) is 11.2. The van der Waals surface area contributed by atoms with Crippen LogP contribution in [0.25, 0.3) is 11.0 Å². The minimum Gasteiger partial charge on any atom is -0.471 e. The predicted molar refractivity (Wildman–Crippen MR) is 192 cm³/mol. The van der Waals surface area contributed by atoms with E-state index in [4.69, 9.17) is 9.26 Å². The lowest BCUT2D eigenvalue weighted by molar-refractivity contribution is -0.141. The highest BCUT2D eigenvalue weighted by molar-refractivity contribution is 7.91. The number of carbonyl (C=O) groups is 4. The second-order valence-corrected chi connectivity index (χ2v) is 17.4. The standard InChI is InChI=1S/C37H44FN7O8S/c1-20-22(3)53-43-30(20)32(47)40-27-11-9-7-5-6-8-10-23-18-37(23,35(49)44-54(50,51)36(4)14-15-36)42-31(46)29-17-25(19-45(29)34(27)48)52-33-21(2)39-26-13-12-24(38)16-28(26)41-33/h8,10,12-13,16,23,25,27,29H,5-7,9,11,14-15,17-19H2,1-4H3,(H,40,47)(H,42,46)(H,44,49)/b10-8-/t23-,25-,27+,29+,37-/m1/s1. The molecule has 0 radical (unpaired) electrons. The monoisotopic (exact) mass is 765 g/mol. The highest BCUT2D eigenvalue weighted by Gasteiger charge is 2.63. The number of sulfonamides is 1. The van der Waals surface area contributed by atoms with Crippen molar-refractivity contribution in [3.05, 3.63) is 58.9 Å². The molecule has 4 amide bonds. The molecule has 2 saturated carbocycles. The second-order valence-electron chi connectivity index (χ2n) is 15.2. The number of benzene rings is 1. The maximum Gasteiger partial charge on any atom is 0.274 e. The van der Waals surface area contributed by atoms with Crippen LogP contribution in [0.2, 0.25) is 0 Å². The zero-order valence-electron chi connectivity index (χ0n) is 30.6. The largest absolute Gasteiger partial charge is 0.471 e. The van der Waals surface area contributed by atoms with Gasteiger partial charge in [-0.15, -0.1) is 0 Å². The number of hydrogen-bond acceptors (Lipinski definition) is 11. The molecule has 2 aromatic heterocycles. The van der Waals surface area contributed by atoms with Crippen LogP contribution in [0.15, 0.2) is 34.9 Å². The van der Waals surface area contributed by atoms with Crippen LogP contribution < -0.4 is 20.1 Å². The normalized spacial score (nSPS) is 27.5. The van der Waals surface area contributed by atoms with E-state index in [2.05, 4.69) is 30.5 Å². The van der Waals surface area contributed by atoms with Crippen molar-refractivity contribution in [2.75, 3.05) is 6.54 Å². The Morgan fingerprint density at radius 2 is 1.87 bits per heavy atom. The van der Waals surface area contributed by atoms with E-state index in [1.807, 2.05) is 12.2 Å². The van der Waals surface area contributed by atoms with Gasteiger partial charge in [-0.1, -0.05) is 30.2 Å². The summed E-state index contributed by atoms with van der Waals surface area (Å²) in [6.45, 7) is 6.52. The molecule has 15 nitrogen and oxygen atoms in total. The van der Waals surface area contributed by atoms with E-state index in [-0.39, 0.29) is 42.9 Å². The summed E-state index contributed by atoms with van der Waals surface area (Å²) in [5.41, 5.74) is 0.145. The Labute approximate surface area is 311 Å². The van der Waals surface area contributed by atoms with E-state index in [0.717, 1.165) is 12.8 Å². The number of rotatable bonds is 7. The second kappa shape index (κ2) is 14.0. The van der Waals surface area contributed by atoms with Crippen LogP contribution in [-0.2, 0) is 24.4 Å². The number of halogens is 1. The van der Waals surface area contributed by atoms with E-state index in [9.17, 15) is 32.0 Å². The Morgan fingerprint density at radius 3 is 2.59 bits per heavy atom. The zero-order chi connectivity index (χ0) is 38.6. The highest BCUT2D eigenvalue weighted by Crippen LogP contribution is 2.47. The first kappa shape index (κ1) is 37.4. The van der Waals surface area contributed by atoms with Gasteiger partial charge in [0, 0.05) is 24.0 Å². The lowest BCUT2D eigenvalue weighted by Gasteiger charge is -2.30. The van der Waals surface area contributed by atoms with Gasteiger partial charge in [0.1, 0.15) is 41.0 Å².